The van der Waals surface area contributed by atoms with Crippen molar-refractivity contribution in [1.29, 1.82) is 0 Å². The molecule has 0 radical (unpaired) electrons. The van der Waals surface area contributed by atoms with E-state index in [2.05, 4.69) is 5.32 Å². The third-order valence-corrected chi connectivity index (χ3v) is 2.04. The molecule has 1 atom stereocenters. The molecule has 0 amide bonds. The van der Waals surface area contributed by atoms with Crippen molar-refractivity contribution in [2.75, 3.05) is 13.1 Å². The fraction of sp³-hybridized carbons (Fsp3) is 0.800. The molecule has 0 aromatic rings. The number of Topliss-reactive ketones (excluding diaryl/α,β-unsaturated/α-hetero) is 2. The molecule has 82 valence electrons. The van der Waals surface area contributed by atoms with Crippen LogP contribution in [0.15, 0.2) is 0 Å². The number of nitrogens with two attached hydrogens (primary N) is 1. The minimum absolute atomic E-state index is 0.0510. The first-order valence-electron chi connectivity index (χ1n) is 5.01. The van der Waals surface area contributed by atoms with E-state index in [1.54, 1.807) is 6.92 Å². The van der Waals surface area contributed by atoms with Crippen LogP contribution in [-0.4, -0.2) is 30.7 Å². The normalized spacial score (nSPS) is 12.5. The first-order chi connectivity index (χ1) is 6.57. The maximum absolute atomic E-state index is 11.1. The van der Waals surface area contributed by atoms with Crippen molar-refractivity contribution in [3.05, 3.63) is 0 Å². The van der Waals surface area contributed by atoms with E-state index in [0.717, 1.165) is 19.3 Å². The Bertz CT molecular complexity index is 193. The van der Waals surface area contributed by atoms with Gasteiger partial charge in [0.15, 0.2) is 0 Å². The van der Waals surface area contributed by atoms with Crippen molar-refractivity contribution < 1.29 is 9.59 Å². The van der Waals surface area contributed by atoms with Crippen LogP contribution in [0.3, 0.4) is 0 Å². The summed E-state index contributed by atoms with van der Waals surface area (Å²) in [7, 11) is 0. The molecule has 3 N–H and O–H groups in total. The second-order valence-electron chi connectivity index (χ2n) is 3.53. The van der Waals surface area contributed by atoms with Crippen molar-refractivity contribution in [3.63, 3.8) is 0 Å². The maximum Gasteiger partial charge on any atom is 0.146 e. The molecule has 1 unspecified atom stereocenters. The van der Waals surface area contributed by atoms with Gasteiger partial charge in [-0.05, 0) is 33.2 Å². The minimum atomic E-state index is -0.189. The first-order valence-corrected chi connectivity index (χ1v) is 5.01. The summed E-state index contributed by atoms with van der Waals surface area (Å²) in [5.74, 6) is 0.137. The Morgan fingerprint density at radius 3 is 2.36 bits per heavy atom. The smallest absolute Gasteiger partial charge is 0.146 e. The van der Waals surface area contributed by atoms with Gasteiger partial charge in [-0.15, -0.1) is 0 Å². The molecule has 0 saturated heterocycles. The van der Waals surface area contributed by atoms with Gasteiger partial charge in [-0.1, -0.05) is 6.42 Å². The number of carbonyl (C=O) groups is 2. The SMILES string of the molecule is CC(=O)CNC(CCCCN)C(C)=O. The van der Waals surface area contributed by atoms with Crippen molar-refractivity contribution in [3.8, 4) is 0 Å². The van der Waals surface area contributed by atoms with Gasteiger partial charge in [0.05, 0.1) is 12.6 Å². The standard InChI is InChI=1S/C10H20N2O2/c1-8(13)7-12-10(9(2)14)5-3-4-6-11/h10,12H,3-7,11H2,1-2H3. The summed E-state index contributed by atoms with van der Waals surface area (Å²) < 4.78 is 0. The van der Waals surface area contributed by atoms with E-state index in [4.69, 9.17) is 5.73 Å². The van der Waals surface area contributed by atoms with E-state index in [-0.39, 0.29) is 24.2 Å². The van der Waals surface area contributed by atoms with Gasteiger partial charge >= 0.3 is 0 Å². The Morgan fingerprint density at radius 1 is 1.29 bits per heavy atom. The van der Waals surface area contributed by atoms with Crippen molar-refractivity contribution >= 4 is 11.6 Å². The molecule has 4 heteroatoms. The highest BCUT2D eigenvalue weighted by Crippen LogP contribution is 2.01. The number of ketones is 2. The van der Waals surface area contributed by atoms with Crippen LogP contribution in [0.2, 0.25) is 0 Å². The Labute approximate surface area is 85.2 Å². The lowest BCUT2D eigenvalue weighted by molar-refractivity contribution is -0.119. The van der Waals surface area contributed by atoms with Crippen LogP contribution in [-0.2, 0) is 9.59 Å². The van der Waals surface area contributed by atoms with Gasteiger partial charge < -0.3 is 11.1 Å². The van der Waals surface area contributed by atoms with Crippen LogP contribution < -0.4 is 11.1 Å². The molecular formula is C10H20N2O2. The van der Waals surface area contributed by atoms with Gasteiger partial charge in [0.25, 0.3) is 0 Å². The number of unbranched alkanes of at least 4 members (excludes halogenated alkanes) is 1. The highest BCUT2D eigenvalue weighted by molar-refractivity contribution is 5.83. The second-order valence-corrected chi connectivity index (χ2v) is 3.53. The quantitative estimate of drug-likeness (QED) is 0.551. The van der Waals surface area contributed by atoms with Crippen LogP contribution in [0.4, 0.5) is 0 Å². The Hall–Kier alpha value is -0.740. The van der Waals surface area contributed by atoms with Crippen LogP contribution in [0.5, 0.6) is 0 Å². The zero-order valence-corrected chi connectivity index (χ0v) is 9.01. The molecule has 0 aromatic heterocycles. The fourth-order valence-corrected chi connectivity index (χ4v) is 1.21. The van der Waals surface area contributed by atoms with E-state index >= 15 is 0 Å². The molecule has 14 heavy (non-hydrogen) atoms. The lowest BCUT2D eigenvalue weighted by atomic mass is 10.1. The molecule has 0 spiro atoms. The Morgan fingerprint density at radius 2 is 1.93 bits per heavy atom. The van der Waals surface area contributed by atoms with Crippen LogP contribution in [0.25, 0.3) is 0 Å². The summed E-state index contributed by atoms with van der Waals surface area (Å²) >= 11 is 0. The van der Waals surface area contributed by atoms with Crippen molar-refractivity contribution in [2.24, 2.45) is 5.73 Å². The van der Waals surface area contributed by atoms with E-state index in [1.165, 1.54) is 6.92 Å². The molecule has 0 aliphatic heterocycles. The average molecular weight is 200 g/mol. The van der Waals surface area contributed by atoms with E-state index in [0.29, 0.717) is 6.54 Å². The molecule has 0 fully saturated rings. The van der Waals surface area contributed by atoms with Gasteiger partial charge in [0, 0.05) is 0 Å². The Kier molecular flexibility index (Phi) is 7.24. The molecule has 0 saturated carbocycles. The Balaban J connectivity index is 3.78. The molecule has 0 aliphatic carbocycles. The largest absolute Gasteiger partial charge is 0.330 e. The topological polar surface area (TPSA) is 72.2 Å². The number of hydrogen-bond donors (Lipinski definition) is 2. The monoisotopic (exact) mass is 200 g/mol. The third-order valence-electron chi connectivity index (χ3n) is 2.04. The molecular weight excluding hydrogens is 180 g/mol. The second kappa shape index (κ2) is 7.64. The van der Waals surface area contributed by atoms with E-state index < -0.39 is 0 Å². The highest BCUT2D eigenvalue weighted by Gasteiger charge is 2.12. The molecule has 0 bridgehead atoms. The molecule has 0 rings (SSSR count). The van der Waals surface area contributed by atoms with Gasteiger partial charge in [-0.25, -0.2) is 0 Å². The summed E-state index contributed by atoms with van der Waals surface area (Å²) in [4.78, 5) is 21.9. The van der Waals surface area contributed by atoms with Crippen LogP contribution in [0, 0.1) is 0 Å². The predicted octanol–water partition coefficient (Wildman–Crippen LogP) is 0.252. The summed E-state index contributed by atoms with van der Waals surface area (Å²) in [6, 6.07) is -0.189. The molecule has 0 aliphatic rings. The molecule has 0 aromatic carbocycles. The number of nitrogens with one attached hydrogen (secondary N) is 1. The van der Waals surface area contributed by atoms with Gasteiger partial charge in [-0.2, -0.15) is 0 Å². The summed E-state index contributed by atoms with van der Waals surface area (Å²) in [5, 5.41) is 2.94. The molecule has 4 nitrogen and oxygen atoms in total. The summed E-state index contributed by atoms with van der Waals surface area (Å²) in [5.41, 5.74) is 5.35. The van der Waals surface area contributed by atoms with Gasteiger partial charge in [-0.3, -0.25) is 9.59 Å². The van der Waals surface area contributed by atoms with Gasteiger partial charge in [0.2, 0.25) is 0 Å². The van der Waals surface area contributed by atoms with E-state index in [1.807, 2.05) is 0 Å². The fourth-order valence-electron chi connectivity index (χ4n) is 1.21. The first kappa shape index (κ1) is 13.3. The highest BCUT2D eigenvalue weighted by atomic mass is 16.1. The lowest BCUT2D eigenvalue weighted by Crippen LogP contribution is -2.38. The zero-order chi connectivity index (χ0) is 11.0. The minimum Gasteiger partial charge on any atom is -0.330 e. The number of rotatable bonds is 8. The van der Waals surface area contributed by atoms with Crippen molar-refractivity contribution in [2.45, 2.75) is 39.2 Å². The predicted molar refractivity (Wildman–Crippen MR) is 56.1 cm³/mol. The lowest BCUT2D eigenvalue weighted by Gasteiger charge is -2.14. The average Bonchev–Trinajstić information content (AvgIpc) is 2.10. The zero-order valence-electron chi connectivity index (χ0n) is 9.01. The van der Waals surface area contributed by atoms with Crippen LogP contribution in [0.1, 0.15) is 33.1 Å². The maximum atomic E-state index is 11.1. The number of hydrogen-bond acceptors (Lipinski definition) is 4. The summed E-state index contributed by atoms with van der Waals surface area (Å²) in [6.07, 6.45) is 2.61. The third kappa shape index (κ3) is 6.74. The number of carbonyl (C=O) groups excluding carboxylic acids is 2. The van der Waals surface area contributed by atoms with Crippen LogP contribution >= 0.6 is 0 Å². The van der Waals surface area contributed by atoms with Gasteiger partial charge in [0.1, 0.15) is 11.6 Å². The van der Waals surface area contributed by atoms with Crippen molar-refractivity contribution in [1.82, 2.24) is 5.32 Å². The summed E-state index contributed by atoms with van der Waals surface area (Å²) in [6.45, 7) is 3.97. The van der Waals surface area contributed by atoms with E-state index in [9.17, 15) is 9.59 Å². The molecule has 0 heterocycles.